The molecule has 0 spiro atoms. The van der Waals surface area contributed by atoms with Gasteiger partial charge in [0.2, 0.25) is 0 Å². The van der Waals surface area contributed by atoms with Crippen LogP contribution in [0.5, 0.6) is 0 Å². The summed E-state index contributed by atoms with van der Waals surface area (Å²) >= 11 is 0. The Balaban J connectivity index is 1.52. The number of fused-ring (bicyclic) bond motifs is 1. The first kappa shape index (κ1) is 13.7. The highest BCUT2D eigenvalue weighted by molar-refractivity contribution is 5.33. The Kier molecular flexibility index (Phi) is 4.10. The van der Waals surface area contributed by atoms with Gasteiger partial charge >= 0.3 is 0 Å². The molecule has 0 aromatic carbocycles. The zero-order valence-corrected chi connectivity index (χ0v) is 12.1. The summed E-state index contributed by atoms with van der Waals surface area (Å²) in [6, 6.07) is 4.05. The summed E-state index contributed by atoms with van der Waals surface area (Å²) in [6.07, 6.45) is 9.80. The molecular formula is C16H25N3O. The first-order valence-corrected chi connectivity index (χ1v) is 7.94. The lowest BCUT2D eigenvalue weighted by Crippen LogP contribution is -2.36. The van der Waals surface area contributed by atoms with E-state index in [2.05, 4.69) is 4.90 Å². The van der Waals surface area contributed by atoms with Gasteiger partial charge in [0.05, 0.1) is 0 Å². The molecule has 1 aromatic rings. The van der Waals surface area contributed by atoms with Gasteiger partial charge < -0.3 is 15.2 Å². The van der Waals surface area contributed by atoms with E-state index in [9.17, 15) is 4.79 Å². The first-order chi connectivity index (χ1) is 9.74. The molecule has 2 heterocycles. The molecular weight excluding hydrogens is 250 g/mol. The molecule has 2 atom stereocenters. The second kappa shape index (κ2) is 6.00. The molecule has 2 fully saturated rings. The van der Waals surface area contributed by atoms with Crippen LogP contribution in [-0.2, 0) is 6.54 Å². The quantitative estimate of drug-likeness (QED) is 0.915. The van der Waals surface area contributed by atoms with Crippen molar-refractivity contribution >= 4 is 5.69 Å². The Bertz CT molecular complexity index is 511. The summed E-state index contributed by atoms with van der Waals surface area (Å²) in [5.41, 5.74) is 6.46. The number of nitrogens with zero attached hydrogens (tertiary/aromatic N) is 2. The standard InChI is InChI=1S/C16H25N3O/c17-14-6-7-16(20)19(12-14)10-3-9-18-11-8-13-4-1-2-5-15(13)18/h6-7,12-13,15H,1-5,8-11,17H2. The largest absolute Gasteiger partial charge is 0.398 e. The molecule has 0 amide bonds. The fourth-order valence-electron chi connectivity index (χ4n) is 3.95. The summed E-state index contributed by atoms with van der Waals surface area (Å²) < 4.78 is 1.74. The van der Waals surface area contributed by atoms with E-state index in [0.29, 0.717) is 5.69 Å². The van der Waals surface area contributed by atoms with Gasteiger partial charge in [0.1, 0.15) is 0 Å². The van der Waals surface area contributed by atoms with E-state index < -0.39 is 0 Å². The Morgan fingerprint density at radius 1 is 1.15 bits per heavy atom. The number of nitrogens with two attached hydrogens (primary N) is 1. The number of aromatic nitrogens is 1. The van der Waals surface area contributed by atoms with Gasteiger partial charge in [-0.25, -0.2) is 0 Å². The molecule has 4 nitrogen and oxygen atoms in total. The molecule has 1 aliphatic heterocycles. The van der Waals surface area contributed by atoms with Gasteiger partial charge in [-0.15, -0.1) is 0 Å². The van der Waals surface area contributed by atoms with E-state index in [1.54, 1.807) is 22.9 Å². The highest BCUT2D eigenvalue weighted by Crippen LogP contribution is 2.35. The molecule has 0 bridgehead atoms. The third-order valence-electron chi connectivity index (χ3n) is 4.98. The molecule has 1 aromatic heterocycles. The van der Waals surface area contributed by atoms with Gasteiger partial charge in [0.15, 0.2) is 0 Å². The minimum absolute atomic E-state index is 0.0520. The molecule has 2 aliphatic rings. The van der Waals surface area contributed by atoms with E-state index in [1.165, 1.54) is 38.6 Å². The fourth-order valence-corrected chi connectivity index (χ4v) is 3.95. The van der Waals surface area contributed by atoms with Crippen LogP contribution in [0.3, 0.4) is 0 Å². The average molecular weight is 275 g/mol. The average Bonchev–Trinajstić information content (AvgIpc) is 2.86. The summed E-state index contributed by atoms with van der Waals surface area (Å²) in [5, 5.41) is 0. The molecule has 2 unspecified atom stereocenters. The maximum Gasteiger partial charge on any atom is 0.250 e. The Hall–Kier alpha value is -1.29. The van der Waals surface area contributed by atoms with E-state index in [4.69, 9.17) is 5.73 Å². The molecule has 110 valence electrons. The van der Waals surface area contributed by atoms with Gasteiger partial charge in [-0.05, 0) is 44.2 Å². The molecule has 0 radical (unpaired) electrons. The zero-order chi connectivity index (χ0) is 13.9. The summed E-state index contributed by atoms with van der Waals surface area (Å²) in [4.78, 5) is 14.4. The van der Waals surface area contributed by atoms with E-state index >= 15 is 0 Å². The highest BCUT2D eigenvalue weighted by Gasteiger charge is 2.34. The first-order valence-electron chi connectivity index (χ1n) is 7.94. The van der Waals surface area contributed by atoms with Crippen molar-refractivity contribution in [1.82, 2.24) is 9.47 Å². The van der Waals surface area contributed by atoms with E-state index in [1.807, 2.05) is 0 Å². The Labute approximate surface area is 120 Å². The number of hydrogen-bond donors (Lipinski definition) is 1. The van der Waals surface area contributed by atoms with Crippen molar-refractivity contribution in [3.63, 3.8) is 0 Å². The third kappa shape index (κ3) is 2.90. The minimum atomic E-state index is 0.0520. The predicted octanol–water partition coefficient (Wildman–Crippen LogP) is 2.09. The number of anilines is 1. The van der Waals surface area contributed by atoms with Crippen molar-refractivity contribution in [2.24, 2.45) is 5.92 Å². The van der Waals surface area contributed by atoms with Crippen LogP contribution >= 0.6 is 0 Å². The third-order valence-corrected chi connectivity index (χ3v) is 4.98. The van der Waals surface area contributed by atoms with Crippen LogP contribution in [0.4, 0.5) is 5.69 Å². The van der Waals surface area contributed by atoms with Gasteiger partial charge in [-0.3, -0.25) is 4.79 Å². The molecule has 20 heavy (non-hydrogen) atoms. The molecule has 4 heteroatoms. The Morgan fingerprint density at radius 3 is 2.90 bits per heavy atom. The van der Waals surface area contributed by atoms with Crippen LogP contribution in [0, 0.1) is 5.92 Å². The highest BCUT2D eigenvalue weighted by atomic mass is 16.1. The number of nitrogen functional groups attached to an aromatic ring is 1. The van der Waals surface area contributed by atoms with Crippen LogP contribution in [0.1, 0.15) is 38.5 Å². The van der Waals surface area contributed by atoms with Crippen molar-refractivity contribution in [2.45, 2.75) is 51.1 Å². The lowest BCUT2D eigenvalue weighted by Gasteiger charge is -2.31. The monoisotopic (exact) mass is 275 g/mol. The summed E-state index contributed by atoms with van der Waals surface area (Å²) in [6.45, 7) is 3.14. The van der Waals surface area contributed by atoms with Crippen LogP contribution < -0.4 is 11.3 Å². The smallest absolute Gasteiger partial charge is 0.250 e. The van der Waals surface area contributed by atoms with Gasteiger partial charge in [-0.2, -0.15) is 0 Å². The van der Waals surface area contributed by atoms with Crippen LogP contribution in [0.25, 0.3) is 0 Å². The molecule has 1 aliphatic carbocycles. The van der Waals surface area contributed by atoms with Crippen molar-refractivity contribution in [1.29, 1.82) is 0 Å². The van der Waals surface area contributed by atoms with Crippen molar-refractivity contribution < 1.29 is 0 Å². The number of hydrogen-bond acceptors (Lipinski definition) is 3. The van der Waals surface area contributed by atoms with Gasteiger partial charge in [0, 0.05) is 37.1 Å². The van der Waals surface area contributed by atoms with Crippen LogP contribution in [0.15, 0.2) is 23.1 Å². The Morgan fingerprint density at radius 2 is 2.00 bits per heavy atom. The topological polar surface area (TPSA) is 51.3 Å². The summed E-state index contributed by atoms with van der Waals surface area (Å²) in [5.74, 6) is 0.943. The number of aryl methyl sites for hydroxylation is 1. The zero-order valence-electron chi connectivity index (χ0n) is 12.1. The number of pyridine rings is 1. The predicted molar refractivity (Wildman–Crippen MR) is 81.7 cm³/mol. The van der Waals surface area contributed by atoms with E-state index in [-0.39, 0.29) is 5.56 Å². The van der Waals surface area contributed by atoms with Crippen LogP contribution in [-0.4, -0.2) is 28.6 Å². The summed E-state index contributed by atoms with van der Waals surface area (Å²) in [7, 11) is 0. The normalized spacial score (nSPS) is 26.6. The molecule has 3 rings (SSSR count). The lowest BCUT2D eigenvalue weighted by atomic mass is 9.85. The van der Waals surface area contributed by atoms with Gasteiger partial charge in [-0.1, -0.05) is 12.8 Å². The minimum Gasteiger partial charge on any atom is -0.398 e. The van der Waals surface area contributed by atoms with Gasteiger partial charge in [0.25, 0.3) is 5.56 Å². The van der Waals surface area contributed by atoms with Crippen molar-refractivity contribution in [3.05, 3.63) is 28.7 Å². The van der Waals surface area contributed by atoms with Crippen LogP contribution in [0.2, 0.25) is 0 Å². The molecule has 2 N–H and O–H groups in total. The number of rotatable bonds is 4. The van der Waals surface area contributed by atoms with Crippen molar-refractivity contribution in [3.8, 4) is 0 Å². The maximum absolute atomic E-state index is 11.7. The lowest BCUT2D eigenvalue weighted by molar-refractivity contribution is 0.178. The SMILES string of the molecule is Nc1ccc(=O)n(CCCN2CCC3CCCCC32)c1. The second-order valence-corrected chi connectivity index (χ2v) is 6.28. The second-order valence-electron chi connectivity index (χ2n) is 6.28. The fraction of sp³-hybridized carbons (Fsp3) is 0.688. The van der Waals surface area contributed by atoms with E-state index in [0.717, 1.165) is 31.5 Å². The maximum atomic E-state index is 11.7. The number of likely N-dealkylation sites (tertiary alicyclic amines) is 1. The molecule has 1 saturated carbocycles. The van der Waals surface area contributed by atoms with Crippen molar-refractivity contribution in [2.75, 3.05) is 18.8 Å². The molecule has 1 saturated heterocycles.